The van der Waals surface area contributed by atoms with Crippen LogP contribution in [0.4, 0.5) is 0 Å². The van der Waals surface area contributed by atoms with Gasteiger partial charge in [-0.3, -0.25) is 0 Å². The maximum atomic E-state index is 6.02. The van der Waals surface area contributed by atoms with Crippen molar-refractivity contribution < 1.29 is 18.6 Å². The molecule has 1 aromatic carbocycles. The van der Waals surface area contributed by atoms with E-state index < -0.39 is 5.60 Å². The molecule has 0 radical (unpaired) electrons. The second kappa shape index (κ2) is 5.63. The van der Waals surface area contributed by atoms with Crippen molar-refractivity contribution in [3.05, 3.63) is 29.1 Å². The summed E-state index contributed by atoms with van der Waals surface area (Å²) in [4.78, 5) is 0. The summed E-state index contributed by atoms with van der Waals surface area (Å²) in [6.45, 7) is 1.00. The van der Waals surface area contributed by atoms with Crippen LogP contribution in [0.5, 0.6) is 5.75 Å². The van der Waals surface area contributed by atoms with Crippen molar-refractivity contribution in [1.82, 2.24) is 10.2 Å². The molecule has 112 valence electrons. The average molecular weight is 311 g/mol. The van der Waals surface area contributed by atoms with Gasteiger partial charge in [0.25, 0.3) is 11.8 Å². The zero-order valence-corrected chi connectivity index (χ0v) is 12.5. The van der Waals surface area contributed by atoms with E-state index in [9.17, 15) is 0 Å². The van der Waals surface area contributed by atoms with E-state index in [2.05, 4.69) is 10.2 Å². The molecule has 2 heterocycles. The quantitative estimate of drug-likeness (QED) is 0.865. The lowest BCUT2D eigenvalue weighted by atomic mass is 10.0. The highest BCUT2D eigenvalue weighted by atomic mass is 35.5. The van der Waals surface area contributed by atoms with Gasteiger partial charge >= 0.3 is 0 Å². The molecule has 1 atom stereocenters. The molecule has 0 N–H and O–H groups in total. The summed E-state index contributed by atoms with van der Waals surface area (Å²) >= 11 is 6.02. The first-order valence-electron chi connectivity index (χ1n) is 6.49. The topological polar surface area (TPSA) is 66.6 Å². The van der Waals surface area contributed by atoms with Crippen molar-refractivity contribution in [2.75, 3.05) is 27.4 Å². The van der Waals surface area contributed by atoms with Gasteiger partial charge in [0, 0.05) is 18.6 Å². The molecule has 7 heteroatoms. The van der Waals surface area contributed by atoms with E-state index in [0.29, 0.717) is 47.8 Å². The summed E-state index contributed by atoms with van der Waals surface area (Å²) in [6.07, 6.45) is 0.678. The Morgan fingerprint density at radius 3 is 2.81 bits per heavy atom. The number of hydrogen-bond donors (Lipinski definition) is 0. The minimum Gasteiger partial charge on any atom is -0.496 e. The van der Waals surface area contributed by atoms with Gasteiger partial charge < -0.3 is 18.6 Å². The van der Waals surface area contributed by atoms with Crippen molar-refractivity contribution in [3.8, 4) is 17.2 Å². The van der Waals surface area contributed by atoms with E-state index in [1.165, 1.54) is 0 Å². The second-order valence-electron chi connectivity index (χ2n) is 4.76. The monoisotopic (exact) mass is 310 g/mol. The molecule has 2 aromatic rings. The summed E-state index contributed by atoms with van der Waals surface area (Å²) in [7, 11) is 3.18. The number of halogens is 1. The fraction of sp³-hybridized carbons (Fsp3) is 0.429. The van der Waals surface area contributed by atoms with Gasteiger partial charge in [0.05, 0.1) is 25.9 Å². The Balaban J connectivity index is 2.00. The SMILES string of the molecule is COc1ccc(Cl)cc1-c1nnc(C2(OC)CCOC2)o1. The van der Waals surface area contributed by atoms with Crippen LogP contribution in [0.1, 0.15) is 12.3 Å². The molecule has 21 heavy (non-hydrogen) atoms. The Morgan fingerprint density at radius 1 is 1.29 bits per heavy atom. The number of methoxy groups -OCH3 is 2. The van der Waals surface area contributed by atoms with Crippen LogP contribution in [0.25, 0.3) is 11.5 Å². The number of rotatable bonds is 4. The molecule has 0 aliphatic carbocycles. The van der Waals surface area contributed by atoms with Gasteiger partial charge in [-0.15, -0.1) is 10.2 Å². The highest BCUT2D eigenvalue weighted by Crippen LogP contribution is 2.37. The fourth-order valence-corrected chi connectivity index (χ4v) is 2.50. The molecular formula is C14H15ClN2O4. The summed E-state index contributed by atoms with van der Waals surface area (Å²) in [5.41, 5.74) is -0.0224. The smallest absolute Gasteiger partial charge is 0.251 e. The predicted molar refractivity (Wildman–Crippen MR) is 75.4 cm³/mol. The molecule has 0 spiro atoms. The summed E-state index contributed by atoms with van der Waals surface area (Å²) in [5, 5.41) is 8.75. The highest BCUT2D eigenvalue weighted by Gasteiger charge is 2.42. The van der Waals surface area contributed by atoms with Crippen molar-refractivity contribution in [2.24, 2.45) is 0 Å². The van der Waals surface area contributed by atoms with Crippen LogP contribution in [-0.2, 0) is 15.1 Å². The van der Waals surface area contributed by atoms with Crippen molar-refractivity contribution in [2.45, 2.75) is 12.0 Å². The zero-order chi connectivity index (χ0) is 14.9. The van der Waals surface area contributed by atoms with Gasteiger partial charge in [-0.1, -0.05) is 11.6 Å². The van der Waals surface area contributed by atoms with E-state index in [1.807, 2.05) is 0 Å². The van der Waals surface area contributed by atoms with Crippen molar-refractivity contribution in [3.63, 3.8) is 0 Å². The summed E-state index contributed by atoms with van der Waals surface area (Å²) < 4.78 is 22.0. The number of hydrogen-bond acceptors (Lipinski definition) is 6. The molecule has 1 aromatic heterocycles. The van der Waals surface area contributed by atoms with Gasteiger partial charge in [0.15, 0.2) is 5.60 Å². The molecular weight excluding hydrogens is 296 g/mol. The molecule has 0 bridgehead atoms. The molecule has 1 unspecified atom stereocenters. The van der Waals surface area contributed by atoms with E-state index in [-0.39, 0.29) is 0 Å². The van der Waals surface area contributed by atoms with Crippen LogP contribution in [0.2, 0.25) is 5.02 Å². The van der Waals surface area contributed by atoms with E-state index in [0.717, 1.165) is 0 Å². The summed E-state index contributed by atoms with van der Waals surface area (Å²) in [5.74, 6) is 1.36. The molecule has 1 aliphatic rings. The minimum atomic E-state index is -0.670. The third kappa shape index (κ3) is 2.50. The molecule has 1 aliphatic heterocycles. The fourth-order valence-electron chi connectivity index (χ4n) is 2.33. The van der Waals surface area contributed by atoms with Crippen LogP contribution >= 0.6 is 11.6 Å². The predicted octanol–water partition coefficient (Wildman–Crippen LogP) is 2.66. The lowest BCUT2D eigenvalue weighted by molar-refractivity contribution is -0.0407. The van der Waals surface area contributed by atoms with Gasteiger partial charge in [0.2, 0.25) is 0 Å². The van der Waals surface area contributed by atoms with Crippen LogP contribution < -0.4 is 4.74 Å². The van der Waals surface area contributed by atoms with E-state index in [1.54, 1.807) is 32.4 Å². The molecule has 0 amide bonds. The highest BCUT2D eigenvalue weighted by molar-refractivity contribution is 6.30. The third-order valence-electron chi connectivity index (χ3n) is 3.58. The first-order valence-corrected chi connectivity index (χ1v) is 6.87. The van der Waals surface area contributed by atoms with Gasteiger partial charge in [0.1, 0.15) is 5.75 Å². The molecule has 0 saturated carbocycles. The number of nitrogens with zero attached hydrogens (tertiary/aromatic N) is 2. The van der Waals surface area contributed by atoms with E-state index >= 15 is 0 Å². The molecule has 1 fully saturated rings. The zero-order valence-electron chi connectivity index (χ0n) is 11.8. The van der Waals surface area contributed by atoms with Gasteiger partial charge in [-0.25, -0.2) is 0 Å². The van der Waals surface area contributed by atoms with Gasteiger partial charge in [-0.2, -0.15) is 0 Å². The summed E-state index contributed by atoms with van der Waals surface area (Å²) in [6, 6.07) is 5.22. The maximum absolute atomic E-state index is 6.02. The lowest BCUT2D eigenvalue weighted by Crippen LogP contribution is -2.29. The average Bonchev–Trinajstić information content (AvgIpc) is 3.17. The Bertz CT molecular complexity index is 638. The normalized spacial score (nSPS) is 21.7. The minimum absolute atomic E-state index is 0.340. The Labute approximate surface area is 127 Å². The van der Waals surface area contributed by atoms with Crippen LogP contribution in [0.3, 0.4) is 0 Å². The number of aromatic nitrogens is 2. The molecule has 3 rings (SSSR count). The number of ether oxygens (including phenoxy) is 3. The second-order valence-corrected chi connectivity index (χ2v) is 5.19. The van der Waals surface area contributed by atoms with Crippen LogP contribution in [0, 0.1) is 0 Å². The Morgan fingerprint density at radius 2 is 2.14 bits per heavy atom. The molecule has 1 saturated heterocycles. The lowest BCUT2D eigenvalue weighted by Gasteiger charge is -2.20. The number of benzene rings is 1. The first-order chi connectivity index (χ1) is 10.2. The van der Waals surface area contributed by atoms with Crippen molar-refractivity contribution >= 4 is 11.6 Å². The Kier molecular flexibility index (Phi) is 3.84. The van der Waals surface area contributed by atoms with Crippen molar-refractivity contribution in [1.29, 1.82) is 0 Å². The maximum Gasteiger partial charge on any atom is 0.251 e. The molecule has 6 nitrogen and oxygen atoms in total. The van der Waals surface area contributed by atoms with Crippen LogP contribution in [-0.4, -0.2) is 37.6 Å². The third-order valence-corrected chi connectivity index (χ3v) is 3.82. The Hall–Kier alpha value is -1.63. The van der Waals surface area contributed by atoms with Crippen LogP contribution in [0.15, 0.2) is 22.6 Å². The van der Waals surface area contributed by atoms with E-state index in [4.69, 9.17) is 30.2 Å². The standard InChI is InChI=1S/C14H15ClN2O4/c1-18-11-4-3-9(15)7-10(11)12-16-17-13(21-12)14(19-2)5-6-20-8-14/h3-4,7H,5-6,8H2,1-2H3. The largest absolute Gasteiger partial charge is 0.496 e. The van der Waals surface area contributed by atoms with Gasteiger partial charge in [-0.05, 0) is 18.2 Å². The first kappa shape index (κ1) is 14.3.